The number of hydrogen-bond donors (Lipinski definition) is 0. The van der Waals surface area contributed by atoms with Gasteiger partial charge < -0.3 is 0 Å². The van der Waals surface area contributed by atoms with E-state index in [0.717, 1.165) is 35.9 Å². The molecule has 1 heterocycles. The lowest BCUT2D eigenvalue weighted by molar-refractivity contribution is -0.132. The van der Waals surface area contributed by atoms with Crippen LogP contribution in [0.15, 0.2) is 23.0 Å². The van der Waals surface area contributed by atoms with Gasteiger partial charge in [0.1, 0.15) is 5.78 Å². The zero-order valence-electron chi connectivity index (χ0n) is 13.7. The number of Topliss-reactive ketones (excluding diaryl/α,β-unsaturated/α-hetero) is 2. The minimum atomic E-state index is -0.509. The maximum atomic E-state index is 12.7. The fraction of sp³-hybridized carbons (Fsp3) is 0.500. The fourth-order valence-electron chi connectivity index (χ4n) is 3.52. The van der Waals surface area contributed by atoms with Crippen LogP contribution in [0.3, 0.4) is 0 Å². The first kappa shape index (κ1) is 15.7. The van der Waals surface area contributed by atoms with Crippen LogP contribution in [0.2, 0.25) is 0 Å². The number of ketones is 2. The van der Waals surface area contributed by atoms with E-state index in [0.29, 0.717) is 12.8 Å². The van der Waals surface area contributed by atoms with Gasteiger partial charge in [-0.05, 0) is 30.9 Å². The van der Waals surface area contributed by atoms with Crippen LogP contribution in [-0.2, 0) is 23.1 Å². The number of carbonyl (C=O) groups is 2. The molecule has 0 bridgehead atoms. The number of para-hydroxylation sites is 1. The minimum absolute atomic E-state index is 0.0248. The molecule has 23 heavy (non-hydrogen) atoms. The highest BCUT2D eigenvalue weighted by atomic mass is 16.2. The second-order valence-corrected chi connectivity index (χ2v) is 6.34. The molecule has 0 saturated heterocycles. The Bertz CT molecular complexity index is 829. The molecule has 0 amide bonds. The summed E-state index contributed by atoms with van der Waals surface area (Å²) >= 11 is 0. The van der Waals surface area contributed by atoms with Crippen molar-refractivity contribution in [3.8, 4) is 0 Å². The second kappa shape index (κ2) is 6.14. The first-order valence-electron chi connectivity index (χ1n) is 8.27. The average molecular weight is 314 g/mol. The number of hydrogen-bond acceptors (Lipinski definition) is 3. The predicted octanol–water partition coefficient (Wildman–Crippen LogP) is 2.55. The van der Waals surface area contributed by atoms with Gasteiger partial charge in [0.2, 0.25) is 0 Å². The van der Waals surface area contributed by atoms with Gasteiger partial charge in [0, 0.05) is 13.5 Å². The van der Waals surface area contributed by atoms with Crippen LogP contribution in [0.25, 0.3) is 11.0 Å². The highest BCUT2D eigenvalue weighted by Gasteiger charge is 2.31. The van der Waals surface area contributed by atoms with Gasteiger partial charge in [-0.15, -0.1) is 0 Å². The average Bonchev–Trinajstić information content (AvgIpc) is 2.78. The molecule has 0 N–H and O–H groups in total. The highest BCUT2D eigenvalue weighted by Crippen LogP contribution is 2.27. The molecule has 1 aromatic carbocycles. The summed E-state index contributed by atoms with van der Waals surface area (Å²) in [6, 6.07) is 5.39. The summed E-state index contributed by atoms with van der Waals surface area (Å²) < 4.78 is 3.24. The first-order valence-corrected chi connectivity index (χ1v) is 8.27. The van der Waals surface area contributed by atoms with E-state index in [9.17, 15) is 14.4 Å². The van der Waals surface area contributed by atoms with Gasteiger partial charge in [0.25, 0.3) is 0 Å². The van der Waals surface area contributed by atoms with Crippen LogP contribution in [-0.4, -0.2) is 20.7 Å². The van der Waals surface area contributed by atoms with Gasteiger partial charge in [-0.25, -0.2) is 4.79 Å². The van der Waals surface area contributed by atoms with Crippen molar-refractivity contribution < 1.29 is 9.59 Å². The Morgan fingerprint density at radius 1 is 1.22 bits per heavy atom. The van der Waals surface area contributed by atoms with E-state index in [-0.39, 0.29) is 23.7 Å². The third-order valence-corrected chi connectivity index (χ3v) is 4.74. The van der Waals surface area contributed by atoms with Crippen molar-refractivity contribution in [3.05, 3.63) is 34.2 Å². The Labute approximate surface area is 134 Å². The summed E-state index contributed by atoms with van der Waals surface area (Å²) in [5.74, 6) is -0.169. The van der Waals surface area contributed by atoms with E-state index < -0.39 is 6.04 Å². The van der Waals surface area contributed by atoms with Crippen molar-refractivity contribution in [2.75, 3.05) is 0 Å². The molecule has 1 aliphatic rings. The van der Waals surface area contributed by atoms with Crippen molar-refractivity contribution >= 4 is 22.6 Å². The maximum Gasteiger partial charge on any atom is 0.329 e. The van der Waals surface area contributed by atoms with Gasteiger partial charge in [-0.1, -0.05) is 25.5 Å². The SMILES string of the molecule is CCCCc1cccc2c1n(C)c(=O)n2C1CCC(=O)CC1=O. The molecule has 1 aliphatic carbocycles. The zero-order valence-corrected chi connectivity index (χ0v) is 13.7. The number of unbranched alkanes of at least 4 members (excludes halogenated alkanes) is 1. The molecular formula is C18H22N2O3. The molecule has 1 fully saturated rings. The third-order valence-electron chi connectivity index (χ3n) is 4.74. The number of imidazole rings is 1. The summed E-state index contributed by atoms with van der Waals surface area (Å²) in [6.07, 6.45) is 3.82. The van der Waals surface area contributed by atoms with E-state index in [1.807, 2.05) is 18.2 Å². The van der Waals surface area contributed by atoms with E-state index >= 15 is 0 Å². The molecule has 122 valence electrons. The van der Waals surface area contributed by atoms with E-state index in [2.05, 4.69) is 6.92 Å². The predicted molar refractivity (Wildman–Crippen MR) is 88.7 cm³/mol. The normalized spacial score (nSPS) is 18.8. The molecule has 1 saturated carbocycles. The second-order valence-electron chi connectivity index (χ2n) is 6.34. The topological polar surface area (TPSA) is 61.1 Å². The molecular weight excluding hydrogens is 292 g/mol. The summed E-state index contributed by atoms with van der Waals surface area (Å²) in [5.41, 5.74) is 2.69. The Morgan fingerprint density at radius 3 is 2.70 bits per heavy atom. The Hall–Kier alpha value is -2.17. The standard InChI is InChI=1S/C18H22N2O3/c1-3-4-6-12-7-5-8-15-17(12)19(2)18(23)20(15)14-10-9-13(21)11-16(14)22/h5,7-8,14H,3-4,6,9-11H2,1-2H3. The molecule has 5 nitrogen and oxygen atoms in total. The van der Waals surface area contributed by atoms with Crippen LogP contribution in [0.5, 0.6) is 0 Å². The van der Waals surface area contributed by atoms with E-state index in [1.54, 1.807) is 16.2 Å². The van der Waals surface area contributed by atoms with Crippen molar-refractivity contribution in [1.82, 2.24) is 9.13 Å². The van der Waals surface area contributed by atoms with Crippen LogP contribution < -0.4 is 5.69 Å². The quantitative estimate of drug-likeness (QED) is 0.815. The molecule has 1 aromatic heterocycles. The fourth-order valence-corrected chi connectivity index (χ4v) is 3.52. The molecule has 1 atom stereocenters. The molecule has 3 rings (SSSR count). The Morgan fingerprint density at radius 2 is 2.00 bits per heavy atom. The zero-order chi connectivity index (χ0) is 16.6. The largest absolute Gasteiger partial charge is 0.329 e. The number of nitrogens with zero attached hydrogens (tertiary/aromatic N) is 2. The first-order chi connectivity index (χ1) is 11.0. The van der Waals surface area contributed by atoms with Crippen molar-refractivity contribution in [2.24, 2.45) is 7.05 Å². The Kier molecular flexibility index (Phi) is 4.20. The molecule has 0 aliphatic heterocycles. The number of rotatable bonds is 4. The summed E-state index contributed by atoms with van der Waals surface area (Å²) in [7, 11) is 1.76. The number of aromatic nitrogens is 2. The van der Waals surface area contributed by atoms with Crippen LogP contribution in [0.4, 0.5) is 0 Å². The lowest BCUT2D eigenvalue weighted by Gasteiger charge is -2.21. The van der Waals surface area contributed by atoms with Crippen molar-refractivity contribution in [2.45, 2.75) is 51.5 Å². The van der Waals surface area contributed by atoms with Gasteiger partial charge in [-0.3, -0.25) is 18.7 Å². The van der Waals surface area contributed by atoms with Crippen LogP contribution in [0, 0.1) is 0 Å². The number of aryl methyl sites for hydroxylation is 2. The van der Waals surface area contributed by atoms with Gasteiger partial charge in [-0.2, -0.15) is 0 Å². The number of fused-ring (bicyclic) bond motifs is 1. The summed E-state index contributed by atoms with van der Waals surface area (Å²) in [4.78, 5) is 36.5. The molecule has 0 spiro atoms. The number of carbonyl (C=O) groups excluding carboxylic acids is 2. The molecule has 2 aromatic rings. The third kappa shape index (κ3) is 2.64. The molecule has 1 unspecified atom stereocenters. The minimum Gasteiger partial charge on any atom is -0.299 e. The molecule has 0 radical (unpaired) electrons. The van der Waals surface area contributed by atoms with Gasteiger partial charge in [0.05, 0.1) is 23.5 Å². The van der Waals surface area contributed by atoms with E-state index in [1.165, 1.54) is 0 Å². The highest BCUT2D eigenvalue weighted by molar-refractivity contribution is 6.03. The number of benzene rings is 1. The maximum absolute atomic E-state index is 12.7. The van der Waals surface area contributed by atoms with Crippen molar-refractivity contribution in [3.63, 3.8) is 0 Å². The van der Waals surface area contributed by atoms with Crippen molar-refractivity contribution in [1.29, 1.82) is 0 Å². The Balaban J connectivity index is 2.15. The lowest BCUT2D eigenvalue weighted by atomic mass is 9.92. The van der Waals surface area contributed by atoms with Gasteiger partial charge >= 0.3 is 5.69 Å². The van der Waals surface area contributed by atoms with E-state index in [4.69, 9.17) is 0 Å². The van der Waals surface area contributed by atoms with Crippen LogP contribution >= 0.6 is 0 Å². The lowest BCUT2D eigenvalue weighted by Crippen LogP contribution is -2.34. The molecule has 5 heteroatoms. The summed E-state index contributed by atoms with van der Waals surface area (Å²) in [5, 5.41) is 0. The van der Waals surface area contributed by atoms with Gasteiger partial charge in [0.15, 0.2) is 5.78 Å². The monoisotopic (exact) mass is 314 g/mol. The smallest absolute Gasteiger partial charge is 0.299 e. The van der Waals surface area contributed by atoms with Crippen LogP contribution in [0.1, 0.15) is 50.6 Å². The summed E-state index contributed by atoms with van der Waals surface area (Å²) in [6.45, 7) is 2.14.